The molecule has 0 saturated carbocycles. The molecule has 154 valence electrons. The number of imidazole rings is 1. The molecule has 3 heterocycles. The van der Waals surface area contributed by atoms with Crippen LogP contribution >= 0.6 is 0 Å². The van der Waals surface area contributed by atoms with Crippen LogP contribution in [0.25, 0.3) is 11.2 Å². The van der Waals surface area contributed by atoms with E-state index in [2.05, 4.69) is 19.7 Å². The molecule has 0 spiro atoms. The third-order valence-corrected chi connectivity index (χ3v) is 5.27. The molecule has 4 rings (SSSR count). The van der Waals surface area contributed by atoms with E-state index in [1.807, 2.05) is 17.9 Å². The second kappa shape index (κ2) is 7.64. The van der Waals surface area contributed by atoms with Crippen LogP contribution in [0, 0.1) is 6.92 Å². The molecule has 0 bridgehead atoms. The lowest BCUT2D eigenvalue weighted by Crippen LogP contribution is -2.36. The number of aliphatic hydroxyl groups excluding tert-OH is 1. The molecule has 1 fully saturated rings. The smallest absolute Gasteiger partial charge is 0.406 e. The summed E-state index contributed by atoms with van der Waals surface area (Å²) in [6.45, 7) is 3.24. The number of aliphatic hydroxyl groups is 1. The molecule has 0 aliphatic carbocycles. The van der Waals surface area contributed by atoms with Crippen molar-refractivity contribution in [1.29, 1.82) is 0 Å². The van der Waals surface area contributed by atoms with Gasteiger partial charge in [-0.25, -0.2) is 9.97 Å². The molecule has 1 aliphatic heterocycles. The zero-order valence-corrected chi connectivity index (χ0v) is 15.8. The Morgan fingerprint density at radius 1 is 1.17 bits per heavy atom. The molecule has 29 heavy (non-hydrogen) atoms. The van der Waals surface area contributed by atoms with Gasteiger partial charge in [0, 0.05) is 19.3 Å². The van der Waals surface area contributed by atoms with Crippen LogP contribution in [0.2, 0.25) is 0 Å². The molecule has 1 aliphatic rings. The van der Waals surface area contributed by atoms with Crippen molar-refractivity contribution < 1.29 is 23.0 Å². The Balaban J connectivity index is 1.41. The lowest BCUT2D eigenvalue weighted by atomic mass is 9.89. The van der Waals surface area contributed by atoms with E-state index in [0.29, 0.717) is 30.2 Å². The molecular formula is C20H21F3N4O2. The highest BCUT2D eigenvalue weighted by Gasteiger charge is 2.31. The fraction of sp³-hybridized carbons (Fsp3) is 0.400. The summed E-state index contributed by atoms with van der Waals surface area (Å²) < 4.78 is 40.7. The first-order valence-electron chi connectivity index (χ1n) is 9.39. The lowest BCUT2D eigenvalue weighted by molar-refractivity contribution is -0.274. The van der Waals surface area contributed by atoms with Gasteiger partial charge in [-0.15, -0.1) is 13.2 Å². The summed E-state index contributed by atoms with van der Waals surface area (Å²) in [5.41, 5.74) is 3.39. The Bertz CT molecular complexity index is 980. The monoisotopic (exact) mass is 406 g/mol. The number of nitrogens with one attached hydrogen (secondary N) is 1. The van der Waals surface area contributed by atoms with Gasteiger partial charge in [0.1, 0.15) is 17.8 Å². The maximum absolute atomic E-state index is 12.3. The van der Waals surface area contributed by atoms with Crippen LogP contribution in [0.1, 0.15) is 41.9 Å². The van der Waals surface area contributed by atoms with E-state index in [1.54, 1.807) is 6.20 Å². The van der Waals surface area contributed by atoms with Crippen molar-refractivity contribution in [2.75, 3.05) is 13.1 Å². The number of pyridine rings is 1. The Hall–Kier alpha value is -2.65. The summed E-state index contributed by atoms with van der Waals surface area (Å²) in [4.78, 5) is 13.9. The molecule has 9 heteroatoms. The summed E-state index contributed by atoms with van der Waals surface area (Å²) in [5, 5.41) is 10.6. The first-order chi connectivity index (χ1) is 13.8. The fourth-order valence-electron chi connectivity index (χ4n) is 3.89. The number of hydrogen-bond acceptors (Lipinski definition) is 5. The van der Waals surface area contributed by atoms with Crippen LogP contribution in [0.3, 0.4) is 0 Å². The first-order valence-corrected chi connectivity index (χ1v) is 9.39. The normalized spacial score (nSPS) is 17.6. The third kappa shape index (κ3) is 4.35. The van der Waals surface area contributed by atoms with E-state index in [4.69, 9.17) is 0 Å². The second-order valence-corrected chi connectivity index (χ2v) is 7.22. The summed E-state index contributed by atoms with van der Waals surface area (Å²) in [7, 11) is 0. The molecule has 2 aromatic heterocycles. The molecular weight excluding hydrogens is 385 g/mol. The second-order valence-electron chi connectivity index (χ2n) is 7.22. The third-order valence-electron chi connectivity index (χ3n) is 5.27. The predicted molar refractivity (Wildman–Crippen MR) is 100 cm³/mol. The number of aryl methyl sites for hydroxylation is 1. The van der Waals surface area contributed by atoms with Crippen molar-refractivity contribution in [2.24, 2.45) is 0 Å². The molecule has 3 aromatic rings. The number of rotatable bonds is 4. The van der Waals surface area contributed by atoms with Crippen LogP contribution in [0.15, 0.2) is 36.5 Å². The Morgan fingerprint density at radius 3 is 2.52 bits per heavy atom. The van der Waals surface area contributed by atoms with Gasteiger partial charge in [-0.2, -0.15) is 0 Å². The molecule has 0 amide bonds. The molecule has 6 nitrogen and oxygen atoms in total. The van der Waals surface area contributed by atoms with Gasteiger partial charge in [0.25, 0.3) is 0 Å². The molecule has 1 unspecified atom stereocenters. The maximum Gasteiger partial charge on any atom is 0.573 e. The topological polar surface area (TPSA) is 74.3 Å². The number of fused-ring (bicyclic) bond motifs is 1. The Kier molecular flexibility index (Phi) is 5.18. The standard InChI is InChI=1S/C20H21F3N4O2/c1-12-25-17-16(6-9-24-18(17)26-12)13-7-10-27(11-8-13)19(28)14-2-4-15(5-3-14)29-20(21,22)23/h2-6,9,13,19,28H,7-8,10-11H2,1H3,(H,24,25,26). The van der Waals surface area contributed by atoms with Gasteiger partial charge in [-0.3, -0.25) is 4.90 Å². The summed E-state index contributed by atoms with van der Waals surface area (Å²) in [6.07, 6.45) is -2.13. The number of likely N-dealkylation sites (tertiary alicyclic amines) is 1. The number of ether oxygens (including phenoxy) is 1. The molecule has 0 radical (unpaired) electrons. The van der Waals surface area contributed by atoms with Gasteiger partial charge < -0.3 is 14.8 Å². The van der Waals surface area contributed by atoms with Gasteiger partial charge in [-0.1, -0.05) is 12.1 Å². The van der Waals surface area contributed by atoms with Crippen LogP contribution in [-0.2, 0) is 0 Å². The van der Waals surface area contributed by atoms with E-state index in [-0.39, 0.29) is 5.75 Å². The minimum atomic E-state index is -4.73. The van der Waals surface area contributed by atoms with Gasteiger partial charge >= 0.3 is 6.36 Å². The van der Waals surface area contributed by atoms with E-state index in [9.17, 15) is 18.3 Å². The number of alkyl halides is 3. The van der Waals surface area contributed by atoms with Crippen LogP contribution < -0.4 is 4.74 Å². The number of halogens is 3. The van der Waals surface area contributed by atoms with Gasteiger partial charge in [0.15, 0.2) is 5.65 Å². The van der Waals surface area contributed by atoms with E-state index in [1.165, 1.54) is 29.8 Å². The highest BCUT2D eigenvalue weighted by Crippen LogP contribution is 2.34. The number of piperidine rings is 1. The van der Waals surface area contributed by atoms with Crippen molar-refractivity contribution in [3.05, 3.63) is 53.5 Å². The molecule has 2 N–H and O–H groups in total. The Morgan fingerprint density at radius 2 is 1.86 bits per heavy atom. The van der Waals surface area contributed by atoms with Crippen molar-refractivity contribution in [3.8, 4) is 5.75 Å². The van der Waals surface area contributed by atoms with Crippen molar-refractivity contribution in [2.45, 2.75) is 38.3 Å². The zero-order valence-electron chi connectivity index (χ0n) is 15.8. The summed E-state index contributed by atoms with van der Waals surface area (Å²) in [6, 6.07) is 7.35. The summed E-state index contributed by atoms with van der Waals surface area (Å²) >= 11 is 0. The van der Waals surface area contributed by atoms with Crippen LogP contribution in [-0.4, -0.2) is 44.4 Å². The quantitative estimate of drug-likeness (QED) is 0.684. The van der Waals surface area contributed by atoms with Crippen LogP contribution in [0.5, 0.6) is 5.75 Å². The average Bonchev–Trinajstić information content (AvgIpc) is 3.07. The number of H-pyrrole nitrogens is 1. The molecule has 1 atom stereocenters. The van der Waals surface area contributed by atoms with Gasteiger partial charge in [0.05, 0.1) is 5.52 Å². The number of hydrogen-bond donors (Lipinski definition) is 2. The number of nitrogens with zero attached hydrogens (tertiary/aromatic N) is 3. The average molecular weight is 406 g/mol. The van der Waals surface area contributed by atoms with Crippen molar-refractivity contribution in [1.82, 2.24) is 19.9 Å². The zero-order chi connectivity index (χ0) is 20.6. The number of benzene rings is 1. The largest absolute Gasteiger partial charge is 0.573 e. The Labute approximate surface area is 165 Å². The molecule has 1 aromatic carbocycles. The first kappa shape index (κ1) is 19.7. The minimum Gasteiger partial charge on any atom is -0.406 e. The highest BCUT2D eigenvalue weighted by molar-refractivity contribution is 5.75. The number of aromatic nitrogens is 3. The SMILES string of the molecule is Cc1nc2nccc(C3CCN(C(O)c4ccc(OC(F)(F)F)cc4)CC3)c2[nH]1. The van der Waals surface area contributed by atoms with E-state index < -0.39 is 12.6 Å². The summed E-state index contributed by atoms with van der Waals surface area (Å²) in [5.74, 6) is 0.848. The maximum atomic E-state index is 12.3. The van der Waals surface area contributed by atoms with Gasteiger partial charge in [0.2, 0.25) is 0 Å². The molecule has 1 saturated heterocycles. The van der Waals surface area contributed by atoms with E-state index in [0.717, 1.165) is 24.2 Å². The van der Waals surface area contributed by atoms with Gasteiger partial charge in [-0.05, 0) is 55.0 Å². The van der Waals surface area contributed by atoms with E-state index >= 15 is 0 Å². The van der Waals surface area contributed by atoms with Crippen molar-refractivity contribution >= 4 is 11.2 Å². The predicted octanol–water partition coefficient (Wildman–Crippen LogP) is 4.04. The van der Waals surface area contributed by atoms with Crippen molar-refractivity contribution in [3.63, 3.8) is 0 Å². The lowest BCUT2D eigenvalue weighted by Gasteiger charge is -2.35. The number of aromatic amines is 1. The highest BCUT2D eigenvalue weighted by atomic mass is 19.4. The fourth-order valence-corrected chi connectivity index (χ4v) is 3.89. The minimum absolute atomic E-state index is 0.302. The van der Waals surface area contributed by atoms with Crippen LogP contribution in [0.4, 0.5) is 13.2 Å².